The zero-order valence-corrected chi connectivity index (χ0v) is 11.1. The van der Waals surface area contributed by atoms with E-state index < -0.39 is 0 Å². The van der Waals surface area contributed by atoms with Gasteiger partial charge >= 0.3 is 0 Å². The lowest BCUT2D eigenvalue weighted by atomic mass is 10.1. The molecule has 1 saturated carbocycles. The van der Waals surface area contributed by atoms with Crippen molar-refractivity contribution in [2.45, 2.75) is 57.8 Å². The number of nitrogens with one attached hydrogen (secondary N) is 1. The molecule has 1 heterocycles. The lowest BCUT2D eigenvalue weighted by molar-refractivity contribution is 0.578. The van der Waals surface area contributed by atoms with E-state index in [2.05, 4.69) is 15.3 Å². The van der Waals surface area contributed by atoms with E-state index in [9.17, 15) is 0 Å². The Bertz CT molecular complexity index is 397. The predicted molar refractivity (Wildman–Crippen MR) is 73.7 cm³/mol. The van der Waals surface area contributed by atoms with E-state index in [1.807, 2.05) is 0 Å². The molecule has 0 atom stereocenters. The molecule has 1 aromatic rings. The second kappa shape index (κ2) is 5.68. The summed E-state index contributed by atoms with van der Waals surface area (Å²) in [5.74, 6) is 1.98. The van der Waals surface area contributed by atoms with Crippen LogP contribution in [0.25, 0.3) is 0 Å². The lowest BCUT2D eigenvalue weighted by Gasteiger charge is -2.15. The van der Waals surface area contributed by atoms with Gasteiger partial charge in [-0.25, -0.2) is 9.97 Å². The van der Waals surface area contributed by atoms with Crippen molar-refractivity contribution < 1.29 is 0 Å². The second-order valence-corrected chi connectivity index (χ2v) is 5.74. The van der Waals surface area contributed by atoms with E-state index in [1.165, 1.54) is 56.2 Å². The summed E-state index contributed by atoms with van der Waals surface area (Å²) in [6.07, 6.45) is 13.5. The molecular formula is C15H23N3. The van der Waals surface area contributed by atoms with Crippen molar-refractivity contribution in [3.63, 3.8) is 0 Å². The Kier molecular flexibility index (Phi) is 3.77. The number of fused-ring (bicyclic) bond motifs is 1. The minimum Gasteiger partial charge on any atom is -0.369 e. The third-order valence-electron chi connectivity index (χ3n) is 4.41. The van der Waals surface area contributed by atoms with Crippen molar-refractivity contribution in [2.75, 3.05) is 11.9 Å². The van der Waals surface area contributed by atoms with E-state index in [-0.39, 0.29) is 0 Å². The number of nitrogens with zero attached hydrogens (tertiary/aromatic N) is 2. The molecule has 0 unspecified atom stereocenters. The van der Waals surface area contributed by atoms with Crippen LogP contribution < -0.4 is 5.32 Å². The van der Waals surface area contributed by atoms with Crippen LogP contribution >= 0.6 is 0 Å². The normalized spacial score (nSPS) is 20.4. The van der Waals surface area contributed by atoms with Crippen molar-refractivity contribution in [3.8, 4) is 0 Å². The maximum Gasteiger partial charge on any atom is 0.132 e. The maximum atomic E-state index is 4.47. The van der Waals surface area contributed by atoms with Crippen LogP contribution in [-0.4, -0.2) is 16.5 Å². The van der Waals surface area contributed by atoms with Crippen LogP contribution in [0.15, 0.2) is 6.33 Å². The minimum atomic E-state index is 0.862. The van der Waals surface area contributed by atoms with Gasteiger partial charge in [0.25, 0.3) is 0 Å². The third kappa shape index (κ3) is 2.65. The van der Waals surface area contributed by atoms with Gasteiger partial charge in [0.05, 0.1) is 0 Å². The van der Waals surface area contributed by atoms with E-state index in [0.29, 0.717) is 0 Å². The first-order valence-corrected chi connectivity index (χ1v) is 7.50. The summed E-state index contributed by atoms with van der Waals surface area (Å²) in [5, 5.41) is 3.59. The predicted octanol–water partition coefficient (Wildman–Crippen LogP) is 3.35. The number of anilines is 1. The number of hydrogen-bond acceptors (Lipinski definition) is 3. The zero-order chi connectivity index (χ0) is 12.2. The Morgan fingerprint density at radius 1 is 1.00 bits per heavy atom. The van der Waals surface area contributed by atoms with Crippen LogP contribution in [0.2, 0.25) is 0 Å². The van der Waals surface area contributed by atoms with Gasteiger partial charge < -0.3 is 5.32 Å². The molecule has 0 bridgehead atoms. The van der Waals surface area contributed by atoms with Crippen LogP contribution in [0, 0.1) is 5.92 Å². The molecule has 2 aliphatic rings. The molecule has 3 heteroatoms. The molecule has 0 spiro atoms. The molecule has 0 radical (unpaired) electrons. The van der Waals surface area contributed by atoms with Crippen LogP contribution in [0.3, 0.4) is 0 Å². The third-order valence-corrected chi connectivity index (χ3v) is 4.41. The fourth-order valence-electron chi connectivity index (χ4n) is 3.31. The van der Waals surface area contributed by atoms with Crippen molar-refractivity contribution in [1.82, 2.24) is 9.97 Å². The highest BCUT2D eigenvalue weighted by molar-refractivity contribution is 5.46. The summed E-state index contributed by atoms with van der Waals surface area (Å²) in [7, 11) is 0. The van der Waals surface area contributed by atoms with Crippen molar-refractivity contribution in [2.24, 2.45) is 5.92 Å². The van der Waals surface area contributed by atoms with E-state index in [4.69, 9.17) is 0 Å². The Morgan fingerprint density at radius 3 is 2.72 bits per heavy atom. The van der Waals surface area contributed by atoms with Gasteiger partial charge in [0.2, 0.25) is 0 Å². The number of hydrogen-bond donors (Lipinski definition) is 1. The molecule has 1 fully saturated rings. The first-order chi connectivity index (χ1) is 8.93. The average molecular weight is 245 g/mol. The zero-order valence-electron chi connectivity index (χ0n) is 11.1. The molecule has 0 amide bonds. The van der Waals surface area contributed by atoms with Gasteiger partial charge in [-0.2, -0.15) is 0 Å². The van der Waals surface area contributed by atoms with Gasteiger partial charge in [-0.05, 0) is 44.4 Å². The topological polar surface area (TPSA) is 37.8 Å². The van der Waals surface area contributed by atoms with Crippen LogP contribution in [0.5, 0.6) is 0 Å². The molecular weight excluding hydrogens is 222 g/mol. The summed E-state index contributed by atoms with van der Waals surface area (Å²) < 4.78 is 0. The summed E-state index contributed by atoms with van der Waals surface area (Å²) in [4.78, 5) is 8.94. The summed E-state index contributed by atoms with van der Waals surface area (Å²) in [6.45, 7) is 1.10. The highest BCUT2D eigenvalue weighted by atomic mass is 15.0. The minimum absolute atomic E-state index is 0.862. The Morgan fingerprint density at radius 2 is 1.83 bits per heavy atom. The molecule has 18 heavy (non-hydrogen) atoms. The van der Waals surface area contributed by atoms with Crippen LogP contribution in [0.1, 0.15) is 56.2 Å². The Labute approximate surface area is 109 Å². The van der Waals surface area contributed by atoms with Gasteiger partial charge in [0.1, 0.15) is 12.1 Å². The quantitative estimate of drug-likeness (QED) is 0.830. The molecule has 0 aliphatic heterocycles. The molecule has 3 nitrogen and oxygen atoms in total. The summed E-state index contributed by atoms with van der Waals surface area (Å²) in [6, 6.07) is 0. The molecule has 0 aromatic carbocycles. The molecule has 3 rings (SSSR count). The maximum absolute atomic E-state index is 4.47. The number of aryl methyl sites for hydroxylation is 1. The largest absolute Gasteiger partial charge is 0.369 e. The number of aromatic nitrogens is 2. The van der Waals surface area contributed by atoms with E-state index >= 15 is 0 Å². The molecule has 1 aromatic heterocycles. The van der Waals surface area contributed by atoms with Crippen molar-refractivity contribution in [1.29, 1.82) is 0 Å². The summed E-state index contributed by atoms with van der Waals surface area (Å²) >= 11 is 0. The highest BCUT2D eigenvalue weighted by Crippen LogP contribution is 2.27. The van der Waals surface area contributed by atoms with Crippen LogP contribution in [-0.2, 0) is 12.8 Å². The first kappa shape index (κ1) is 11.9. The first-order valence-electron chi connectivity index (χ1n) is 7.50. The monoisotopic (exact) mass is 245 g/mol. The number of rotatable bonds is 3. The van der Waals surface area contributed by atoms with Crippen LogP contribution in [0.4, 0.5) is 5.82 Å². The van der Waals surface area contributed by atoms with Gasteiger partial charge in [-0.3, -0.25) is 0 Å². The van der Waals surface area contributed by atoms with E-state index in [0.717, 1.165) is 31.1 Å². The van der Waals surface area contributed by atoms with Crippen molar-refractivity contribution >= 4 is 5.82 Å². The fraction of sp³-hybridized carbons (Fsp3) is 0.733. The highest BCUT2D eigenvalue weighted by Gasteiger charge is 2.17. The lowest BCUT2D eigenvalue weighted by Crippen LogP contribution is -2.14. The smallest absolute Gasteiger partial charge is 0.132 e. The van der Waals surface area contributed by atoms with Gasteiger partial charge in [-0.1, -0.05) is 19.3 Å². The molecule has 1 N–H and O–H groups in total. The van der Waals surface area contributed by atoms with E-state index in [1.54, 1.807) is 6.33 Å². The molecule has 2 aliphatic carbocycles. The van der Waals surface area contributed by atoms with Gasteiger partial charge in [-0.15, -0.1) is 0 Å². The Balaban J connectivity index is 1.70. The molecule has 98 valence electrons. The summed E-state index contributed by atoms with van der Waals surface area (Å²) in [5.41, 5.74) is 2.68. The fourth-order valence-corrected chi connectivity index (χ4v) is 3.31. The molecule has 0 saturated heterocycles. The Hall–Kier alpha value is -1.12. The second-order valence-electron chi connectivity index (χ2n) is 5.74. The van der Waals surface area contributed by atoms with Crippen molar-refractivity contribution in [3.05, 3.63) is 17.6 Å². The average Bonchev–Trinajstić information content (AvgIpc) is 2.79. The standard InChI is InChI=1S/C15H23N3/c1-2-8-13-14(9-3-1)17-11-18-15(13)16-10-12-6-4-5-7-12/h11-12H,1-10H2,(H,16,17,18). The van der Waals surface area contributed by atoms with Gasteiger partial charge in [0.15, 0.2) is 0 Å². The van der Waals surface area contributed by atoms with Gasteiger partial charge in [0, 0.05) is 17.8 Å². The SMILES string of the molecule is c1nc2c(c(NCC3CCCC3)n1)CCCCC2.